The molecule has 0 aliphatic rings. The van der Waals surface area contributed by atoms with Gasteiger partial charge in [-0.15, -0.1) is 0 Å². The van der Waals surface area contributed by atoms with Gasteiger partial charge in [-0.05, 0) is 36.4 Å². The number of nitrogens with zero attached hydrogens (tertiary/aromatic N) is 2. The number of hydrogen-bond donors (Lipinski definition) is 4. The molecule has 4 N–H and O–H groups in total. The molecule has 0 aliphatic heterocycles. The lowest BCUT2D eigenvalue weighted by molar-refractivity contribution is 0.432. The second-order valence-electron chi connectivity index (χ2n) is 5.13. The standard InChI is InChI=1S/C16H12FN5O/c17-12-6-9(1-4-15(12)23)14-7-16(22-21-14)19-11-2-3-13-10(5-11)8-18-20-13/h1-8,23H,(H,18,20)(H2,19,21,22). The fourth-order valence-corrected chi connectivity index (χ4v) is 2.38. The van der Waals surface area contributed by atoms with Crippen LogP contribution in [0.15, 0.2) is 48.7 Å². The highest BCUT2D eigenvalue weighted by atomic mass is 19.1. The van der Waals surface area contributed by atoms with Crippen LogP contribution in [0.5, 0.6) is 5.75 Å². The molecule has 0 radical (unpaired) electrons. The van der Waals surface area contributed by atoms with E-state index in [0.29, 0.717) is 17.1 Å². The Balaban J connectivity index is 1.60. The van der Waals surface area contributed by atoms with E-state index in [2.05, 4.69) is 25.7 Å². The van der Waals surface area contributed by atoms with Gasteiger partial charge in [0, 0.05) is 22.7 Å². The molecule has 0 fully saturated rings. The number of aromatic hydroxyl groups is 1. The highest BCUT2D eigenvalue weighted by Gasteiger charge is 2.08. The molecule has 2 aromatic heterocycles. The van der Waals surface area contributed by atoms with Crippen molar-refractivity contribution < 1.29 is 9.50 Å². The number of anilines is 2. The number of H-pyrrole nitrogens is 2. The van der Waals surface area contributed by atoms with Gasteiger partial charge in [-0.1, -0.05) is 0 Å². The molecule has 0 spiro atoms. The van der Waals surface area contributed by atoms with Gasteiger partial charge in [0.15, 0.2) is 17.4 Å². The van der Waals surface area contributed by atoms with Crippen LogP contribution in [0.4, 0.5) is 15.9 Å². The van der Waals surface area contributed by atoms with Crippen LogP contribution < -0.4 is 5.32 Å². The van der Waals surface area contributed by atoms with Crippen LogP contribution in [0.2, 0.25) is 0 Å². The molecule has 4 aromatic rings. The minimum Gasteiger partial charge on any atom is -0.505 e. The van der Waals surface area contributed by atoms with E-state index in [1.54, 1.807) is 18.3 Å². The number of hydrogen-bond acceptors (Lipinski definition) is 4. The molecule has 0 saturated carbocycles. The summed E-state index contributed by atoms with van der Waals surface area (Å²) in [5.41, 5.74) is 3.08. The maximum Gasteiger partial charge on any atom is 0.165 e. The van der Waals surface area contributed by atoms with Crippen molar-refractivity contribution in [3.05, 3.63) is 54.5 Å². The van der Waals surface area contributed by atoms with Crippen molar-refractivity contribution in [1.29, 1.82) is 0 Å². The Morgan fingerprint density at radius 3 is 2.83 bits per heavy atom. The van der Waals surface area contributed by atoms with Crippen LogP contribution in [0.25, 0.3) is 22.2 Å². The van der Waals surface area contributed by atoms with E-state index in [9.17, 15) is 9.50 Å². The normalized spacial score (nSPS) is 11.0. The second-order valence-corrected chi connectivity index (χ2v) is 5.13. The van der Waals surface area contributed by atoms with Gasteiger partial charge in [-0.25, -0.2) is 4.39 Å². The third-order valence-corrected chi connectivity index (χ3v) is 3.55. The summed E-state index contributed by atoms with van der Waals surface area (Å²) < 4.78 is 13.4. The van der Waals surface area contributed by atoms with Gasteiger partial charge >= 0.3 is 0 Å². The average molecular weight is 309 g/mol. The van der Waals surface area contributed by atoms with Crippen LogP contribution in [-0.2, 0) is 0 Å². The molecule has 0 bridgehead atoms. The van der Waals surface area contributed by atoms with Crippen molar-refractivity contribution in [3.63, 3.8) is 0 Å². The zero-order valence-corrected chi connectivity index (χ0v) is 11.8. The van der Waals surface area contributed by atoms with Gasteiger partial charge in [0.05, 0.1) is 17.4 Å². The van der Waals surface area contributed by atoms with E-state index in [0.717, 1.165) is 16.6 Å². The first-order valence-electron chi connectivity index (χ1n) is 6.93. The predicted molar refractivity (Wildman–Crippen MR) is 85.0 cm³/mol. The molecule has 0 atom stereocenters. The predicted octanol–water partition coefficient (Wildman–Crippen LogP) is 3.54. The van der Waals surface area contributed by atoms with Crippen molar-refractivity contribution in [2.45, 2.75) is 0 Å². The molecular weight excluding hydrogens is 297 g/mol. The Bertz CT molecular complexity index is 991. The quantitative estimate of drug-likeness (QED) is 0.466. The Kier molecular flexibility index (Phi) is 2.97. The largest absolute Gasteiger partial charge is 0.505 e. The molecule has 0 aliphatic carbocycles. The first-order chi connectivity index (χ1) is 11.2. The van der Waals surface area contributed by atoms with Crippen molar-refractivity contribution in [2.75, 3.05) is 5.32 Å². The summed E-state index contributed by atoms with van der Waals surface area (Å²) in [6.07, 6.45) is 1.75. The van der Waals surface area contributed by atoms with Crippen LogP contribution in [0.3, 0.4) is 0 Å². The molecular formula is C16H12FN5O. The van der Waals surface area contributed by atoms with Gasteiger partial charge in [0.2, 0.25) is 0 Å². The summed E-state index contributed by atoms with van der Waals surface area (Å²) >= 11 is 0. The average Bonchev–Trinajstić information content (AvgIpc) is 3.19. The molecule has 23 heavy (non-hydrogen) atoms. The number of aromatic nitrogens is 4. The summed E-state index contributed by atoms with van der Waals surface area (Å²) in [4.78, 5) is 0. The molecule has 0 amide bonds. The number of nitrogens with one attached hydrogen (secondary N) is 3. The van der Waals surface area contributed by atoms with E-state index >= 15 is 0 Å². The Labute approximate surface area is 130 Å². The topological polar surface area (TPSA) is 89.6 Å². The fraction of sp³-hybridized carbons (Fsp3) is 0. The monoisotopic (exact) mass is 309 g/mol. The second kappa shape index (κ2) is 5.13. The van der Waals surface area contributed by atoms with E-state index in [1.807, 2.05) is 18.2 Å². The summed E-state index contributed by atoms with van der Waals surface area (Å²) in [6, 6.07) is 11.7. The van der Waals surface area contributed by atoms with E-state index in [1.165, 1.54) is 12.1 Å². The SMILES string of the molecule is Oc1ccc(-c2cc(Nc3ccc4[nH]ncc4c3)n[nH]2)cc1F. The number of fused-ring (bicyclic) bond motifs is 1. The van der Waals surface area contributed by atoms with Crippen LogP contribution in [-0.4, -0.2) is 25.5 Å². The van der Waals surface area contributed by atoms with Crippen LogP contribution in [0, 0.1) is 5.82 Å². The number of phenols is 1. The smallest absolute Gasteiger partial charge is 0.165 e. The van der Waals surface area contributed by atoms with Crippen LogP contribution in [0.1, 0.15) is 0 Å². The van der Waals surface area contributed by atoms with Crippen molar-refractivity contribution in [2.24, 2.45) is 0 Å². The van der Waals surface area contributed by atoms with Crippen molar-refractivity contribution >= 4 is 22.4 Å². The van der Waals surface area contributed by atoms with Gasteiger partial charge in [0.25, 0.3) is 0 Å². The minimum atomic E-state index is -0.669. The van der Waals surface area contributed by atoms with E-state index in [4.69, 9.17) is 0 Å². The lowest BCUT2D eigenvalue weighted by Crippen LogP contribution is -1.89. The van der Waals surface area contributed by atoms with E-state index < -0.39 is 5.82 Å². The number of rotatable bonds is 3. The Morgan fingerprint density at radius 1 is 1.04 bits per heavy atom. The molecule has 0 saturated heterocycles. The number of phenolic OH excluding ortho intramolecular Hbond substituents is 1. The zero-order chi connectivity index (χ0) is 15.8. The van der Waals surface area contributed by atoms with Gasteiger partial charge in [0.1, 0.15) is 0 Å². The maximum absolute atomic E-state index is 13.4. The van der Waals surface area contributed by atoms with Crippen molar-refractivity contribution in [1.82, 2.24) is 20.4 Å². The highest BCUT2D eigenvalue weighted by Crippen LogP contribution is 2.26. The first kappa shape index (κ1) is 13.3. The summed E-state index contributed by atoms with van der Waals surface area (Å²) in [5, 5.41) is 27.3. The first-order valence-corrected chi connectivity index (χ1v) is 6.93. The summed E-state index contributed by atoms with van der Waals surface area (Å²) in [5.74, 6) is -0.437. The molecule has 6 nitrogen and oxygen atoms in total. The third-order valence-electron chi connectivity index (χ3n) is 3.55. The van der Waals surface area contributed by atoms with Gasteiger partial charge in [-0.2, -0.15) is 10.2 Å². The Hall–Kier alpha value is -3.35. The molecule has 7 heteroatoms. The molecule has 4 rings (SSSR count). The minimum absolute atomic E-state index is 0.375. The number of benzene rings is 2. The molecule has 2 heterocycles. The third kappa shape index (κ3) is 2.48. The van der Waals surface area contributed by atoms with Crippen LogP contribution >= 0.6 is 0 Å². The van der Waals surface area contributed by atoms with Crippen molar-refractivity contribution in [3.8, 4) is 17.0 Å². The molecule has 114 valence electrons. The summed E-state index contributed by atoms with van der Waals surface area (Å²) in [7, 11) is 0. The molecule has 0 unspecified atom stereocenters. The van der Waals surface area contributed by atoms with Gasteiger partial charge in [-0.3, -0.25) is 10.2 Å². The van der Waals surface area contributed by atoms with Gasteiger partial charge < -0.3 is 10.4 Å². The number of halogens is 1. The zero-order valence-electron chi connectivity index (χ0n) is 11.8. The number of aromatic amines is 2. The Morgan fingerprint density at radius 2 is 1.96 bits per heavy atom. The van der Waals surface area contributed by atoms with E-state index in [-0.39, 0.29) is 5.75 Å². The maximum atomic E-state index is 13.4. The lowest BCUT2D eigenvalue weighted by atomic mass is 10.1. The lowest BCUT2D eigenvalue weighted by Gasteiger charge is -2.02. The molecule has 2 aromatic carbocycles. The highest BCUT2D eigenvalue weighted by molar-refractivity contribution is 5.82. The summed E-state index contributed by atoms with van der Waals surface area (Å²) in [6.45, 7) is 0. The fourth-order valence-electron chi connectivity index (χ4n) is 2.38.